The second kappa shape index (κ2) is 4.61. The molecule has 0 saturated carbocycles. The maximum Gasteiger partial charge on any atom is 0.212 e. The Balaban J connectivity index is 2.02. The first kappa shape index (κ1) is 11.0. The van der Waals surface area contributed by atoms with Crippen LogP contribution in [0.5, 0.6) is 0 Å². The van der Waals surface area contributed by atoms with Gasteiger partial charge in [0.05, 0.1) is 0 Å². The van der Waals surface area contributed by atoms with E-state index >= 15 is 0 Å². The topological polar surface area (TPSA) is 3.88 Å². The quantitative estimate of drug-likeness (QED) is 0.598. The highest BCUT2D eigenvalue weighted by Crippen LogP contribution is 2.09. The van der Waals surface area contributed by atoms with Gasteiger partial charge in [-0.25, -0.2) is 0 Å². The third-order valence-corrected chi connectivity index (χ3v) is 3.26. The molecule has 2 aromatic carbocycles. The lowest BCUT2D eigenvalue weighted by atomic mass is 10.1. The first-order valence-corrected chi connectivity index (χ1v) is 6.26. The van der Waals surface area contributed by atoms with E-state index in [0.717, 1.165) is 6.54 Å². The van der Waals surface area contributed by atoms with Gasteiger partial charge < -0.3 is 0 Å². The standard InChI is InChI=1S/C17H16N/c1-14-8-10-15(11-9-14)13-18-12-4-6-16-5-2-3-7-17(16)18/h2-12H,13H2,1H3/q+1. The molecule has 1 nitrogen and oxygen atoms in total. The van der Waals surface area contributed by atoms with Gasteiger partial charge in [-0.05, 0) is 19.1 Å². The molecule has 0 atom stereocenters. The third kappa shape index (κ3) is 2.12. The van der Waals surface area contributed by atoms with Crippen LogP contribution in [0.1, 0.15) is 11.1 Å². The van der Waals surface area contributed by atoms with Crippen LogP contribution >= 0.6 is 0 Å². The fraction of sp³-hybridized carbons (Fsp3) is 0.118. The molecule has 18 heavy (non-hydrogen) atoms. The summed E-state index contributed by atoms with van der Waals surface area (Å²) in [7, 11) is 0. The van der Waals surface area contributed by atoms with Crippen molar-refractivity contribution in [3.8, 4) is 0 Å². The summed E-state index contributed by atoms with van der Waals surface area (Å²) in [4.78, 5) is 0. The lowest BCUT2D eigenvalue weighted by Gasteiger charge is -2.02. The summed E-state index contributed by atoms with van der Waals surface area (Å²) in [6, 6.07) is 21.5. The number of hydrogen-bond acceptors (Lipinski definition) is 0. The predicted octanol–water partition coefficient (Wildman–Crippen LogP) is 3.48. The zero-order chi connectivity index (χ0) is 12.4. The Hall–Kier alpha value is -2.15. The molecule has 3 aromatic rings. The Morgan fingerprint density at radius 1 is 0.833 bits per heavy atom. The highest BCUT2D eigenvalue weighted by Gasteiger charge is 2.07. The van der Waals surface area contributed by atoms with Crippen molar-refractivity contribution in [2.45, 2.75) is 13.5 Å². The monoisotopic (exact) mass is 234 g/mol. The number of benzene rings is 2. The molecule has 0 radical (unpaired) electrons. The molecule has 88 valence electrons. The smallest absolute Gasteiger partial charge is 0.194 e. The summed E-state index contributed by atoms with van der Waals surface area (Å²) in [6.45, 7) is 3.04. The van der Waals surface area contributed by atoms with Gasteiger partial charge in [-0.15, -0.1) is 0 Å². The third-order valence-electron chi connectivity index (χ3n) is 3.26. The van der Waals surface area contributed by atoms with E-state index < -0.39 is 0 Å². The number of hydrogen-bond donors (Lipinski definition) is 0. The lowest BCUT2D eigenvalue weighted by Crippen LogP contribution is -2.34. The van der Waals surface area contributed by atoms with Crippen LogP contribution < -0.4 is 4.57 Å². The second-order valence-electron chi connectivity index (χ2n) is 4.68. The number of aryl methyl sites for hydroxylation is 1. The molecule has 0 saturated heterocycles. The molecule has 0 fully saturated rings. The van der Waals surface area contributed by atoms with Crippen molar-refractivity contribution >= 4 is 10.9 Å². The van der Waals surface area contributed by atoms with Crippen LogP contribution in [0, 0.1) is 6.92 Å². The van der Waals surface area contributed by atoms with Crippen LogP contribution in [0.25, 0.3) is 10.9 Å². The van der Waals surface area contributed by atoms with Crippen molar-refractivity contribution in [2.24, 2.45) is 0 Å². The van der Waals surface area contributed by atoms with E-state index in [0.29, 0.717) is 0 Å². The van der Waals surface area contributed by atoms with E-state index in [2.05, 4.69) is 78.4 Å². The molecule has 3 rings (SSSR count). The molecule has 1 heterocycles. The minimum Gasteiger partial charge on any atom is -0.194 e. The van der Waals surface area contributed by atoms with Crippen molar-refractivity contribution in [1.29, 1.82) is 0 Å². The number of rotatable bonds is 2. The van der Waals surface area contributed by atoms with Crippen LogP contribution in [0.15, 0.2) is 66.9 Å². The maximum absolute atomic E-state index is 2.29. The summed E-state index contributed by atoms with van der Waals surface area (Å²) in [5.74, 6) is 0. The van der Waals surface area contributed by atoms with Gasteiger partial charge in [0.15, 0.2) is 12.7 Å². The number of para-hydroxylation sites is 1. The molecular formula is C17H16N+. The predicted molar refractivity (Wildman–Crippen MR) is 74.4 cm³/mol. The number of nitrogens with zero attached hydrogens (tertiary/aromatic N) is 1. The van der Waals surface area contributed by atoms with Crippen molar-refractivity contribution in [1.82, 2.24) is 0 Å². The largest absolute Gasteiger partial charge is 0.212 e. The minimum absolute atomic E-state index is 0.918. The molecule has 0 N–H and O–H groups in total. The Morgan fingerprint density at radius 3 is 2.39 bits per heavy atom. The fourth-order valence-electron chi connectivity index (χ4n) is 2.25. The Bertz CT molecular complexity index is 663. The zero-order valence-corrected chi connectivity index (χ0v) is 10.5. The van der Waals surface area contributed by atoms with E-state index in [-0.39, 0.29) is 0 Å². The summed E-state index contributed by atoms with van der Waals surface area (Å²) < 4.78 is 2.29. The molecule has 0 unspecified atom stereocenters. The summed E-state index contributed by atoms with van der Waals surface area (Å²) in [5.41, 5.74) is 3.92. The average Bonchev–Trinajstić information content (AvgIpc) is 2.42. The van der Waals surface area contributed by atoms with Crippen LogP contribution in [-0.4, -0.2) is 0 Å². The van der Waals surface area contributed by atoms with Gasteiger partial charge in [-0.2, -0.15) is 4.57 Å². The first-order valence-electron chi connectivity index (χ1n) is 6.26. The van der Waals surface area contributed by atoms with Gasteiger partial charge in [-0.3, -0.25) is 0 Å². The number of fused-ring (bicyclic) bond motifs is 1. The number of aromatic nitrogens is 1. The van der Waals surface area contributed by atoms with Crippen LogP contribution in [0.2, 0.25) is 0 Å². The lowest BCUT2D eigenvalue weighted by molar-refractivity contribution is -0.662. The second-order valence-corrected chi connectivity index (χ2v) is 4.68. The molecule has 1 heteroatoms. The SMILES string of the molecule is Cc1ccc(C[n+]2cccc3ccccc32)cc1. The molecule has 0 bridgehead atoms. The van der Waals surface area contributed by atoms with E-state index in [1.165, 1.54) is 22.0 Å². The number of pyridine rings is 1. The minimum atomic E-state index is 0.918. The van der Waals surface area contributed by atoms with Crippen molar-refractivity contribution < 1.29 is 4.57 Å². The van der Waals surface area contributed by atoms with Crippen molar-refractivity contribution in [3.63, 3.8) is 0 Å². The molecule has 0 aliphatic carbocycles. The van der Waals surface area contributed by atoms with Gasteiger partial charge in [-0.1, -0.05) is 42.0 Å². The zero-order valence-electron chi connectivity index (χ0n) is 10.5. The van der Waals surface area contributed by atoms with Gasteiger partial charge in [0.1, 0.15) is 0 Å². The molecular weight excluding hydrogens is 218 g/mol. The summed E-state index contributed by atoms with van der Waals surface area (Å²) in [5, 5.41) is 1.28. The Labute approximate surface area is 107 Å². The molecule has 0 amide bonds. The summed E-state index contributed by atoms with van der Waals surface area (Å²) in [6.07, 6.45) is 2.14. The van der Waals surface area contributed by atoms with Crippen molar-refractivity contribution in [2.75, 3.05) is 0 Å². The highest BCUT2D eigenvalue weighted by atomic mass is 14.9. The first-order chi connectivity index (χ1) is 8.83. The van der Waals surface area contributed by atoms with Gasteiger partial charge in [0.25, 0.3) is 0 Å². The van der Waals surface area contributed by atoms with Crippen LogP contribution in [0.3, 0.4) is 0 Å². The molecule has 0 aliphatic rings. The van der Waals surface area contributed by atoms with Gasteiger partial charge in [0, 0.05) is 23.1 Å². The van der Waals surface area contributed by atoms with Crippen molar-refractivity contribution in [3.05, 3.63) is 78.0 Å². The van der Waals surface area contributed by atoms with Crippen LogP contribution in [0.4, 0.5) is 0 Å². The maximum atomic E-state index is 2.29. The van der Waals surface area contributed by atoms with Gasteiger partial charge >= 0.3 is 0 Å². The molecule has 1 aromatic heterocycles. The van der Waals surface area contributed by atoms with E-state index in [1.54, 1.807) is 0 Å². The Kier molecular flexibility index (Phi) is 2.81. The highest BCUT2D eigenvalue weighted by molar-refractivity contribution is 5.74. The van der Waals surface area contributed by atoms with E-state index in [9.17, 15) is 0 Å². The normalized spacial score (nSPS) is 10.7. The van der Waals surface area contributed by atoms with Crippen LogP contribution in [-0.2, 0) is 6.54 Å². The Morgan fingerprint density at radius 2 is 1.56 bits per heavy atom. The van der Waals surface area contributed by atoms with E-state index in [4.69, 9.17) is 0 Å². The molecule has 0 spiro atoms. The summed E-state index contributed by atoms with van der Waals surface area (Å²) >= 11 is 0. The fourth-order valence-corrected chi connectivity index (χ4v) is 2.25. The van der Waals surface area contributed by atoms with Gasteiger partial charge in [0.2, 0.25) is 5.52 Å². The van der Waals surface area contributed by atoms with E-state index in [1.807, 2.05) is 0 Å². The average molecular weight is 234 g/mol. The molecule has 0 aliphatic heterocycles.